The van der Waals surface area contributed by atoms with Crippen LogP contribution in [0.15, 0.2) is 35.9 Å². The first-order valence-electron chi connectivity index (χ1n) is 8.59. The van der Waals surface area contributed by atoms with Gasteiger partial charge in [0.25, 0.3) is 0 Å². The van der Waals surface area contributed by atoms with Crippen LogP contribution in [0.3, 0.4) is 0 Å². The monoisotopic (exact) mass is 344 g/mol. The summed E-state index contributed by atoms with van der Waals surface area (Å²) in [6, 6.07) is 7.49. The van der Waals surface area contributed by atoms with Crippen molar-refractivity contribution in [1.29, 1.82) is 0 Å². The zero-order valence-corrected chi connectivity index (χ0v) is 14.9. The molecule has 1 aliphatic heterocycles. The first kappa shape index (κ1) is 17.7. The Labute approximate surface area is 148 Å². The molecule has 2 bridgehead atoms. The predicted molar refractivity (Wildman–Crippen MR) is 92.0 cm³/mol. The third-order valence-electron chi connectivity index (χ3n) is 5.08. The Kier molecular flexibility index (Phi) is 4.95. The summed E-state index contributed by atoms with van der Waals surface area (Å²) in [6.45, 7) is 5.93. The highest BCUT2D eigenvalue weighted by Gasteiger charge is 2.45. The van der Waals surface area contributed by atoms with E-state index in [0.29, 0.717) is 19.0 Å². The largest absolute Gasteiger partial charge is 0.465 e. The van der Waals surface area contributed by atoms with Gasteiger partial charge in [0.05, 0.1) is 19.3 Å². The van der Waals surface area contributed by atoms with E-state index < -0.39 is 0 Å². The highest BCUT2D eigenvalue weighted by Crippen LogP contribution is 2.50. The molecule has 2 aliphatic rings. The molecule has 1 aromatic carbocycles. The highest BCUT2D eigenvalue weighted by atomic mass is 16.5. The van der Waals surface area contributed by atoms with Crippen molar-refractivity contribution in [2.24, 2.45) is 11.3 Å². The Morgan fingerprint density at radius 2 is 1.92 bits per heavy atom. The van der Waals surface area contributed by atoms with E-state index in [2.05, 4.69) is 13.0 Å². The Hall–Kier alpha value is -2.14. The van der Waals surface area contributed by atoms with Gasteiger partial charge in [-0.1, -0.05) is 23.8 Å². The quantitative estimate of drug-likeness (QED) is 0.474. The number of hydrogen-bond acceptors (Lipinski definition) is 5. The maximum atomic E-state index is 11.2. The highest BCUT2D eigenvalue weighted by molar-refractivity contribution is 5.69. The van der Waals surface area contributed by atoms with E-state index in [1.165, 1.54) is 19.4 Å². The average molecular weight is 344 g/mol. The summed E-state index contributed by atoms with van der Waals surface area (Å²) in [7, 11) is 0. The molecule has 0 spiro atoms. The van der Waals surface area contributed by atoms with E-state index in [9.17, 15) is 9.59 Å². The lowest BCUT2D eigenvalue weighted by Gasteiger charge is -2.47. The molecule has 0 N–H and O–H groups in total. The molecule has 3 rings (SSSR count). The number of rotatable bonds is 4. The van der Waals surface area contributed by atoms with Crippen molar-refractivity contribution in [2.75, 3.05) is 13.2 Å². The van der Waals surface area contributed by atoms with Crippen molar-refractivity contribution in [1.82, 2.24) is 0 Å². The van der Waals surface area contributed by atoms with Crippen LogP contribution in [-0.2, 0) is 19.1 Å². The number of ether oxygens (including phenoxy) is 3. The molecule has 0 aromatic heterocycles. The van der Waals surface area contributed by atoms with Crippen LogP contribution in [0.2, 0.25) is 0 Å². The second kappa shape index (κ2) is 7.00. The van der Waals surface area contributed by atoms with Gasteiger partial charge in [-0.2, -0.15) is 0 Å². The van der Waals surface area contributed by atoms with Crippen LogP contribution in [0, 0.1) is 11.3 Å². The van der Waals surface area contributed by atoms with Gasteiger partial charge in [0.15, 0.2) is 0 Å². The smallest absolute Gasteiger partial charge is 0.308 e. The summed E-state index contributed by atoms with van der Waals surface area (Å²) < 4.78 is 16.6. The molecule has 5 nitrogen and oxygen atoms in total. The van der Waals surface area contributed by atoms with Crippen LogP contribution in [0.5, 0.6) is 5.75 Å². The molecule has 1 heterocycles. The van der Waals surface area contributed by atoms with Crippen LogP contribution in [0.25, 0.3) is 0 Å². The van der Waals surface area contributed by atoms with Gasteiger partial charge in [0.1, 0.15) is 5.75 Å². The van der Waals surface area contributed by atoms with E-state index in [1.807, 2.05) is 12.1 Å². The van der Waals surface area contributed by atoms with Gasteiger partial charge in [-0.3, -0.25) is 9.59 Å². The van der Waals surface area contributed by atoms with E-state index in [0.717, 1.165) is 18.4 Å². The molecule has 25 heavy (non-hydrogen) atoms. The molecule has 1 fully saturated rings. The van der Waals surface area contributed by atoms with E-state index >= 15 is 0 Å². The fourth-order valence-electron chi connectivity index (χ4n) is 3.72. The number of benzene rings is 1. The molecular formula is C20H24O5. The summed E-state index contributed by atoms with van der Waals surface area (Å²) in [6.07, 6.45) is 4.04. The standard InChI is InChI=1S/C20H24O5/c1-13-8-9-20(11-23-14(2)21)10-18(13)19(24-12-20)16-4-6-17(7-5-16)25-15(3)22/h4-8,18-19H,9-12H2,1-3H3/t18-,19-,20+/m0/s1. The molecule has 0 radical (unpaired) electrons. The van der Waals surface area contributed by atoms with Crippen molar-refractivity contribution in [3.63, 3.8) is 0 Å². The average Bonchev–Trinajstić information content (AvgIpc) is 2.58. The molecule has 1 saturated heterocycles. The van der Waals surface area contributed by atoms with E-state index in [1.54, 1.807) is 12.1 Å². The molecule has 0 amide bonds. The minimum atomic E-state index is -0.331. The first-order valence-corrected chi connectivity index (χ1v) is 8.59. The molecular weight excluding hydrogens is 320 g/mol. The maximum absolute atomic E-state index is 11.2. The van der Waals surface area contributed by atoms with Crippen molar-refractivity contribution < 1.29 is 23.8 Å². The lowest BCUT2D eigenvalue weighted by atomic mass is 9.66. The molecule has 5 heteroatoms. The zero-order valence-electron chi connectivity index (χ0n) is 14.9. The first-order chi connectivity index (χ1) is 11.9. The van der Waals surface area contributed by atoms with E-state index in [-0.39, 0.29) is 29.4 Å². The van der Waals surface area contributed by atoms with Crippen molar-refractivity contribution in [3.05, 3.63) is 41.5 Å². The number of fused-ring (bicyclic) bond motifs is 2. The third-order valence-corrected chi connectivity index (χ3v) is 5.08. The fourth-order valence-corrected chi connectivity index (χ4v) is 3.72. The zero-order chi connectivity index (χ0) is 18.0. The van der Waals surface area contributed by atoms with Crippen molar-refractivity contribution in [3.8, 4) is 5.75 Å². The lowest BCUT2D eigenvalue weighted by Crippen LogP contribution is -2.44. The summed E-state index contributed by atoms with van der Waals surface area (Å²) >= 11 is 0. The van der Waals surface area contributed by atoms with Gasteiger partial charge in [-0.05, 0) is 37.5 Å². The van der Waals surface area contributed by atoms with Crippen LogP contribution < -0.4 is 4.74 Å². The summed E-state index contributed by atoms with van der Waals surface area (Å²) in [4.78, 5) is 22.2. The Balaban J connectivity index is 1.76. The van der Waals surface area contributed by atoms with Gasteiger partial charge in [-0.25, -0.2) is 0 Å². The molecule has 3 atom stereocenters. The minimum Gasteiger partial charge on any atom is -0.465 e. The normalized spacial score (nSPS) is 28.0. The molecule has 1 aromatic rings. The number of carbonyl (C=O) groups is 2. The minimum absolute atomic E-state index is 0.0339. The molecule has 0 saturated carbocycles. The predicted octanol–water partition coefficient (Wildman–Crippen LogP) is 3.59. The fraction of sp³-hybridized carbons (Fsp3) is 0.500. The van der Waals surface area contributed by atoms with Crippen LogP contribution >= 0.6 is 0 Å². The molecule has 0 unspecified atom stereocenters. The summed E-state index contributed by atoms with van der Waals surface area (Å²) in [5.74, 6) is 0.216. The van der Waals surface area contributed by atoms with Crippen LogP contribution in [-0.4, -0.2) is 25.2 Å². The van der Waals surface area contributed by atoms with Gasteiger partial charge in [0.2, 0.25) is 0 Å². The van der Waals surface area contributed by atoms with Crippen LogP contribution in [0.4, 0.5) is 0 Å². The summed E-state index contributed by atoms with van der Waals surface area (Å²) in [5.41, 5.74) is 2.26. The summed E-state index contributed by atoms with van der Waals surface area (Å²) in [5, 5.41) is 0. The van der Waals surface area contributed by atoms with Gasteiger partial charge >= 0.3 is 11.9 Å². The molecule has 1 aliphatic carbocycles. The van der Waals surface area contributed by atoms with E-state index in [4.69, 9.17) is 14.2 Å². The Bertz CT molecular complexity index is 691. The van der Waals surface area contributed by atoms with Gasteiger partial charge < -0.3 is 14.2 Å². The Morgan fingerprint density at radius 3 is 2.56 bits per heavy atom. The lowest BCUT2D eigenvalue weighted by molar-refractivity contribution is -0.156. The number of carbonyl (C=O) groups excluding carboxylic acids is 2. The van der Waals surface area contributed by atoms with Crippen LogP contribution in [0.1, 0.15) is 45.3 Å². The number of esters is 2. The van der Waals surface area contributed by atoms with Crippen molar-refractivity contribution in [2.45, 2.75) is 39.7 Å². The molecule has 134 valence electrons. The SMILES string of the molecule is CC(=O)OC[C@@]12CC=C(C)[C@H](C1)[C@H](c1ccc(OC(C)=O)cc1)OC2. The topological polar surface area (TPSA) is 61.8 Å². The second-order valence-electron chi connectivity index (χ2n) is 7.14. The second-order valence-corrected chi connectivity index (χ2v) is 7.14. The number of allylic oxidation sites excluding steroid dienone is 1. The number of hydrogen-bond donors (Lipinski definition) is 0. The van der Waals surface area contributed by atoms with Crippen molar-refractivity contribution >= 4 is 11.9 Å². The van der Waals surface area contributed by atoms with Gasteiger partial charge in [-0.15, -0.1) is 0 Å². The third kappa shape index (κ3) is 3.93. The Morgan fingerprint density at radius 1 is 1.20 bits per heavy atom. The maximum Gasteiger partial charge on any atom is 0.308 e. The van der Waals surface area contributed by atoms with Gasteiger partial charge in [0, 0.05) is 25.2 Å².